The average Bonchev–Trinajstić information content (AvgIpc) is 2.41. The number of ether oxygens (including phenoxy) is 1. The fourth-order valence-electron chi connectivity index (χ4n) is 1.57. The third-order valence-corrected chi connectivity index (χ3v) is 2.40. The fraction of sp³-hybridized carbons (Fsp3) is 0.529. The number of amides is 2. The van der Waals surface area contributed by atoms with Crippen molar-refractivity contribution in [3.8, 4) is 0 Å². The molecule has 0 saturated heterocycles. The Balaban J connectivity index is 0. The summed E-state index contributed by atoms with van der Waals surface area (Å²) >= 11 is 0. The summed E-state index contributed by atoms with van der Waals surface area (Å²) in [5, 5.41) is 6.00. The van der Waals surface area contributed by atoms with Crippen LogP contribution in [-0.4, -0.2) is 37.2 Å². The van der Waals surface area contributed by atoms with Gasteiger partial charge in [-0.05, 0) is 46.2 Å². The van der Waals surface area contributed by atoms with E-state index >= 15 is 0 Å². The van der Waals surface area contributed by atoms with Crippen molar-refractivity contribution in [1.82, 2.24) is 10.6 Å². The van der Waals surface area contributed by atoms with E-state index in [-0.39, 0.29) is 28.5 Å². The van der Waals surface area contributed by atoms with Gasteiger partial charge in [0.25, 0.3) is 0 Å². The van der Waals surface area contributed by atoms with Gasteiger partial charge in [0, 0.05) is 41.4 Å². The van der Waals surface area contributed by atoms with E-state index < -0.39 is 11.5 Å². The van der Waals surface area contributed by atoms with E-state index in [9.17, 15) is 4.79 Å². The number of hydrogen-bond donors (Lipinski definition) is 2. The van der Waals surface area contributed by atoms with Gasteiger partial charge in [-0.15, -0.1) is 0 Å². The van der Waals surface area contributed by atoms with Crippen LogP contribution in [0.3, 0.4) is 0 Å². The predicted octanol–water partition coefficient (Wildman–Crippen LogP) is 2.93. The number of carbonyl (C=O) groups excluding carboxylic acids is 2. The minimum atomic E-state index is -0.583. The van der Waals surface area contributed by atoms with Crippen LogP contribution in [0.15, 0.2) is 30.3 Å². The SMILES string of the molecule is CC(C)(C)OC(=O)NCCNCCc1ccccc1.CC([NH-])=O.[Ta]. The molecule has 1 aromatic carbocycles. The van der Waals surface area contributed by atoms with Gasteiger partial charge >= 0.3 is 6.09 Å². The number of rotatable bonds is 6. The maximum atomic E-state index is 11.4. The Morgan fingerprint density at radius 3 is 2.12 bits per heavy atom. The molecule has 1 radical (unpaired) electrons. The van der Waals surface area contributed by atoms with Gasteiger partial charge < -0.3 is 25.9 Å². The van der Waals surface area contributed by atoms with Crippen LogP contribution in [0.4, 0.5) is 4.79 Å². The molecule has 0 aliphatic carbocycles. The first-order chi connectivity index (χ1) is 10.7. The van der Waals surface area contributed by atoms with E-state index in [0.717, 1.165) is 19.5 Å². The smallest absolute Gasteiger partial charge is 0.407 e. The number of alkyl carbamates (subject to hydrolysis) is 1. The Kier molecular flexibility index (Phi) is 14.6. The van der Waals surface area contributed by atoms with Gasteiger partial charge in [-0.2, -0.15) is 0 Å². The van der Waals surface area contributed by atoms with E-state index in [2.05, 4.69) is 22.8 Å². The third kappa shape index (κ3) is 18.7. The van der Waals surface area contributed by atoms with Gasteiger partial charge in [0.1, 0.15) is 5.60 Å². The van der Waals surface area contributed by atoms with Gasteiger partial charge in [-0.3, -0.25) is 0 Å². The molecule has 0 bridgehead atoms. The molecule has 0 aliphatic heterocycles. The zero-order chi connectivity index (χ0) is 17.7. The van der Waals surface area contributed by atoms with Crippen LogP contribution < -0.4 is 10.6 Å². The molecule has 0 unspecified atom stereocenters. The summed E-state index contributed by atoms with van der Waals surface area (Å²) in [6.07, 6.45) is 0.630. The van der Waals surface area contributed by atoms with Gasteiger partial charge in [0.2, 0.25) is 0 Å². The van der Waals surface area contributed by atoms with Crippen molar-refractivity contribution in [3.63, 3.8) is 0 Å². The summed E-state index contributed by atoms with van der Waals surface area (Å²) < 4.78 is 5.14. The largest absolute Gasteiger partial charge is 0.668 e. The van der Waals surface area contributed by atoms with Gasteiger partial charge in [-0.1, -0.05) is 30.3 Å². The molecule has 0 saturated carbocycles. The molecule has 7 heteroatoms. The van der Waals surface area contributed by atoms with E-state index in [1.54, 1.807) is 0 Å². The van der Waals surface area contributed by atoms with Crippen LogP contribution in [0.2, 0.25) is 0 Å². The Hall–Kier alpha value is -1.34. The second-order valence-electron chi connectivity index (χ2n) is 5.97. The Morgan fingerprint density at radius 1 is 1.08 bits per heavy atom. The molecular formula is C17H28N3O3Ta-. The molecule has 0 atom stereocenters. The molecule has 6 nitrogen and oxygen atoms in total. The van der Waals surface area contributed by atoms with Crippen LogP contribution in [0, 0.1) is 0 Å². The zero-order valence-electron chi connectivity index (χ0n) is 14.9. The minimum Gasteiger partial charge on any atom is -0.668 e. The van der Waals surface area contributed by atoms with Crippen molar-refractivity contribution in [2.45, 2.75) is 39.7 Å². The Labute approximate surface area is 160 Å². The van der Waals surface area contributed by atoms with Crippen LogP contribution in [0.5, 0.6) is 0 Å². The number of carbonyl (C=O) groups is 2. The van der Waals surface area contributed by atoms with Crippen molar-refractivity contribution in [1.29, 1.82) is 0 Å². The molecule has 1 aromatic rings. The van der Waals surface area contributed by atoms with E-state index in [4.69, 9.17) is 15.3 Å². The molecule has 0 aliphatic rings. The molecule has 3 N–H and O–H groups in total. The normalized spacial score (nSPS) is 9.83. The maximum absolute atomic E-state index is 11.4. The first-order valence-corrected chi connectivity index (χ1v) is 7.64. The van der Waals surface area contributed by atoms with Crippen LogP contribution in [-0.2, 0) is 38.3 Å². The van der Waals surface area contributed by atoms with Crippen molar-refractivity contribution in [2.75, 3.05) is 19.6 Å². The second-order valence-corrected chi connectivity index (χ2v) is 5.97. The molecule has 1 rings (SSSR count). The zero-order valence-corrected chi connectivity index (χ0v) is 18.1. The third-order valence-electron chi connectivity index (χ3n) is 2.40. The molecule has 0 aromatic heterocycles. The van der Waals surface area contributed by atoms with Crippen molar-refractivity contribution in [2.24, 2.45) is 0 Å². The van der Waals surface area contributed by atoms with Crippen LogP contribution in [0.25, 0.3) is 5.73 Å². The summed E-state index contributed by atoms with van der Waals surface area (Å²) in [6, 6.07) is 10.3. The topological polar surface area (TPSA) is 91.2 Å². The Morgan fingerprint density at radius 2 is 1.62 bits per heavy atom. The molecule has 0 spiro atoms. The first kappa shape index (κ1) is 24.9. The van der Waals surface area contributed by atoms with E-state index in [1.165, 1.54) is 12.5 Å². The van der Waals surface area contributed by atoms with Crippen molar-refractivity contribution in [3.05, 3.63) is 41.6 Å². The number of nitrogens with one attached hydrogen (secondary N) is 3. The molecule has 135 valence electrons. The summed E-state index contributed by atoms with van der Waals surface area (Å²) in [5.74, 6) is -0.583. The Bertz CT molecular complexity index is 458. The van der Waals surface area contributed by atoms with Gasteiger partial charge in [0.15, 0.2) is 0 Å². The van der Waals surface area contributed by atoms with E-state index in [1.807, 2.05) is 39.0 Å². The van der Waals surface area contributed by atoms with Gasteiger partial charge in [-0.25, -0.2) is 4.79 Å². The predicted molar refractivity (Wildman–Crippen MR) is 92.3 cm³/mol. The monoisotopic (exact) mass is 503 g/mol. The number of benzene rings is 1. The molecule has 24 heavy (non-hydrogen) atoms. The van der Waals surface area contributed by atoms with E-state index in [0.29, 0.717) is 6.54 Å². The first-order valence-electron chi connectivity index (χ1n) is 7.64. The van der Waals surface area contributed by atoms with Gasteiger partial charge in [0.05, 0.1) is 0 Å². The summed E-state index contributed by atoms with van der Waals surface area (Å²) in [4.78, 5) is 20.5. The standard InChI is InChI=1S/C15H24N2O2.C2H5NO.Ta/c1-15(2,3)19-14(18)17-12-11-16-10-9-13-7-5-4-6-8-13;1-2(3)4;/h4-8,16H,9-12H2,1-3H3,(H,17,18);1H3,(H2,3,4);/p-1. The summed E-state index contributed by atoms with van der Waals surface area (Å²) in [5.41, 5.74) is 6.82. The van der Waals surface area contributed by atoms with Crippen LogP contribution in [0.1, 0.15) is 33.3 Å². The molecular weight excluding hydrogens is 475 g/mol. The molecule has 0 heterocycles. The fourth-order valence-corrected chi connectivity index (χ4v) is 1.57. The second kappa shape index (κ2) is 14.0. The quantitative estimate of drug-likeness (QED) is 0.585. The minimum absolute atomic E-state index is 0. The number of hydrogen-bond acceptors (Lipinski definition) is 4. The van der Waals surface area contributed by atoms with Crippen LogP contribution >= 0.6 is 0 Å². The summed E-state index contributed by atoms with van der Waals surface area (Å²) in [6.45, 7) is 8.97. The average molecular weight is 503 g/mol. The summed E-state index contributed by atoms with van der Waals surface area (Å²) in [7, 11) is 0. The van der Waals surface area contributed by atoms with Crippen molar-refractivity contribution >= 4 is 12.0 Å². The maximum Gasteiger partial charge on any atom is 0.407 e. The molecule has 0 fully saturated rings. The molecule has 2 amide bonds. The van der Waals surface area contributed by atoms with Crippen molar-refractivity contribution < 1.29 is 36.7 Å².